The second-order valence-electron chi connectivity index (χ2n) is 3.20. The Hall–Kier alpha value is -0.780. The number of allylic oxidation sites excluding steroid dienone is 6. The van der Waals surface area contributed by atoms with E-state index < -0.39 is 0 Å². The molecule has 0 unspecified atom stereocenters. The van der Waals surface area contributed by atoms with Crippen LogP contribution in [0.25, 0.3) is 0 Å². The largest absolute Gasteiger partial charge is 0.0842 e. The van der Waals surface area contributed by atoms with Crippen molar-refractivity contribution in [2.24, 2.45) is 0 Å². The van der Waals surface area contributed by atoms with Gasteiger partial charge in [0, 0.05) is 0 Å². The molecule has 0 heteroatoms. The van der Waals surface area contributed by atoms with E-state index in [9.17, 15) is 0 Å². The molecule has 0 saturated heterocycles. The van der Waals surface area contributed by atoms with Gasteiger partial charge in [0.1, 0.15) is 0 Å². The van der Waals surface area contributed by atoms with Crippen LogP contribution in [-0.4, -0.2) is 0 Å². The molecule has 0 nitrogen and oxygen atoms in total. The summed E-state index contributed by atoms with van der Waals surface area (Å²) in [6, 6.07) is 0. The average Bonchev–Trinajstić information content (AvgIpc) is 2.20. The Balaban J connectivity index is 0. The van der Waals surface area contributed by atoms with Gasteiger partial charge in [0.2, 0.25) is 0 Å². The van der Waals surface area contributed by atoms with Gasteiger partial charge in [-0.3, -0.25) is 0 Å². The highest BCUT2D eigenvalue weighted by Gasteiger charge is 1.95. The first-order valence-electron chi connectivity index (χ1n) is 5.60. The first-order chi connectivity index (χ1) is 6.63. The standard InChI is InChI=1S/C12H20.C2H6/c1-6-8-9-12(10(3)4)11(5)7-2;1-2/h7-9H,6H2,1-5H3;1-2H3/b9-8-,11-7-;. The van der Waals surface area contributed by atoms with Gasteiger partial charge in [-0.2, -0.15) is 0 Å². The number of hydrogen-bond donors (Lipinski definition) is 0. The van der Waals surface area contributed by atoms with Crippen LogP contribution in [0.5, 0.6) is 0 Å². The summed E-state index contributed by atoms with van der Waals surface area (Å²) >= 11 is 0. The van der Waals surface area contributed by atoms with Gasteiger partial charge in [-0.1, -0.05) is 44.6 Å². The minimum atomic E-state index is 1.10. The molecule has 0 aromatic heterocycles. The lowest BCUT2D eigenvalue weighted by Crippen LogP contribution is -1.84. The first kappa shape index (κ1) is 15.7. The third kappa shape index (κ3) is 6.71. The van der Waals surface area contributed by atoms with E-state index in [2.05, 4.69) is 52.8 Å². The van der Waals surface area contributed by atoms with Crippen molar-refractivity contribution in [3.05, 3.63) is 34.9 Å². The molecule has 0 amide bonds. The van der Waals surface area contributed by atoms with E-state index in [0.717, 1.165) is 6.42 Å². The van der Waals surface area contributed by atoms with Crippen LogP contribution < -0.4 is 0 Å². The van der Waals surface area contributed by atoms with Gasteiger partial charge in [0.05, 0.1) is 0 Å². The van der Waals surface area contributed by atoms with Gasteiger partial charge in [-0.25, -0.2) is 0 Å². The average molecular weight is 194 g/mol. The molecule has 0 N–H and O–H groups in total. The van der Waals surface area contributed by atoms with Crippen molar-refractivity contribution >= 4 is 0 Å². The zero-order chi connectivity index (χ0) is 11.6. The molecule has 0 spiro atoms. The van der Waals surface area contributed by atoms with Crippen LogP contribution in [0.2, 0.25) is 0 Å². The molecule has 0 fully saturated rings. The molecular weight excluding hydrogens is 168 g/mol. The lowest BCUT2D eigenvalue weighted by atomic mass is 10.0. The molecule has 0 atom stereocenters. The Morgan fingerprint density at radius 2 is 1.57 bits per heavy atom. The minimum Gasteiger partial charge on any atom is -0.0842 e. The van der Waals surface area contributed by atoms with Crippen molar-refractivity contribution in [2.75, 3.05) is 0 Å². The predicted molar refractivity (Wildman–Crippen MR) is 68.6 cm³/mol. The molecule has 14 heavy (non-hydrogen) atoms. The fraction of sp³-hybridized carbons (Fsp3) is 0.571. The highest BCUT2D eigenvalue weighted by atomic mass is 14.0. The van der Waals surface area contributed by atoms with Crippen LogP contribution in [0, 0.1) is 0 Å². The van der Waals surface area contributed by atoms with Crippen LogP contribution in [0.4, 0.5) is 0 Å². The molecule has 0 aliphatic rings. The molecule has 0 aliphatic heterocycles. The maximum absolute atomic E-state index is 2.21. The molecule has 0 aromatic rings. The van der Waals surface area contributed by atoms with Crippen molar-refractivity contribution in [3.8, 4) is 0 Å². The smallest absolute Gasteiger partial charge is 0.0247 e. The third-order valence-electron chi connectivity index (χ3n) is 1.92. The van der Waals surface area contributed by atoms with Crippen molar-refractivity contribution in [1.29, 1.82) is 0 Å². The summed E-state index contributed by atoms with van der Waals surface area (Å²) in [5, 5.41) is 0. The Kier molecular flexibility index (Phi) is 11.5. The van der Waals surface area contributed by atoms with Gasteiger partial charge >= 0.3 is 0 Å². The molecule has 82 valence electrons. The molecule has 0 aliphatic carbocycles. The zero-order valence-electron chi connectivity index (χ0n) is 10.9. The Labute approximate surface area is 90.4 Å². The lowest BCUT2D eigenvalue weighted by Gasteiger charge is -2.04. The van der Waals surface area contributed by atoms with Crippen LogP contribution >= 0.6 is 0 Å². The van der Waals surface area contributed by atoms with Gasteiger partial charge in [-0.15, -0.1) is 0 Å². The third-order valence-corrected chi connectivity index (χ3v) is 1.92. The van der Waals surface area contributed by atoms with E-state index in [-0.39, 0.29) is 0 Å². The molecule has 0 bridgehead atoms. The topological polar surface area (TPSA) is 0 Å². The van der Waals surface area contributed by atoms with Gasteiger partial charge in [-0.05, 0) is 45.3 Å². The van der Waals surface area contributed by atoms with Crippen LogP contribution in [0.3, 0.4) is 0 Å². The zero-order valence-corrected chi connectivity index (χ0v) is 10.9. The van der Waals surface area contributed by atoms with E-state index in [1.54, 1.807) is 0 Å². The summed E-state index contributed by atoms with van der Waals surface area (Å²) in [4.78, 5) is 0. The van der Waals surface area contributed by atoms with Gasteiger partial charge < -0.3 is 0 Å². The molecule has 0 aromatic carbocycles. The summed E-state index contributed by atoms with van der Waals surface area (Å²) in [5.74, 6) is 0. The van der Waals surface area contributed by atoms with Crippen molar-refractivity contribution in [3.63, 3.8) is 0 Å². The number of rotatable bonds is 3. The summed E-state index contributed by atoms with van der Waals surface area (Å²) in [5.41, 5.74) is 4.12. The Morgan fingerprint density at radius 1 is 1.07 bits per heavy atom. The maximum atomic E-state index is 2.21. The lowest BCUT2D eigenvalue weighted by molar-refractivity contribution is 1.20. The second-order valence-corrected chi connectivity index (χ2v) is 3.20. The second kappa shape index (κ2) is 10.3. The first-order valence-corrected chi connectivity index (χ1v) is 5.60. The fourth-order valence-electron chi connectivity index (χ4n) is 1.08. The van der Waals surface area contributed by atoms with Crippen molar-refractivity contribution in [2.45, 2.75) is 54.9 Å². The minimum absolute atomic E-state index is 1.10. The Bertz CT molecular complexity index is 210. The van der Waals surface area contributed by atoms with Gasteiger partial charge in [0.25, 0.3) is 0 Å². The predicted octanol–water partition coefficient (Wildman–Crippen LogP) is 5.28. The summed E-state index contributed by atoms with van der Waals surface area (Å²) < 4.78 is 0. The SMILES string of the molecule is C/C=C(/C)C(/C=C\CC)=C(C)C.CC. The highest BCUT2D eigenvalue weighted by molar-refractivity contribution is 5.40. The van der Waals surface area contributed by atoms with Crippen LogP contribution in [0.15, 0.2) is 34.9 Å². The summed E-state index contributed by atoms with van der Waals surface area (Å²) in [6.45, 7) is 14.7. The monoisotopic (exact) mass is 194 g/mol. The van der Waals surface area contributed by atoms with E-state index in [1.807, 2.05) is 13.8 Å². The molecule has 0 heterocycles. The van der Waals surface area contributed by atoms with Crippen molar-refractivity contribution in [1.82, 2.24) is 0 Å². The molecule has 0 rings (SSSR count). The quantitative estimate of drug-likeness (QED) is 0.536. The maximum Gasteiger partial charge on any atom is -0.0247 e. The molecule has 0 radical (unpaired) electrons. The van der Waals surface area contributed by atoms with E-state index in [4.69, 9.17) is 0 Å². The summed E-state index contributed by atoms with van der Waals surface area (Å²) in [6.07, 6.45) is 7.68. The normalized spacial score (nSPS) is 10.9. The number of hydrogen-bond acceptors (Lipinski definition) is 0. The van der Waals surface area contributed by atoms with E-state index in [1.165, 1.54) is 16.7 Å². The van der Waals surface area contributed by atoms with Crippen LogP contribution in [0.1, 0.15) is 54.9 Å². The van der Waals surface area contributed by atoms with E-state index >= 15 is 0 Å². The molecular formula is C14H26. The van der Waals surface area contributed by atoms with Gasteiger partial charge in [0.15, 0.2) is 0 Å². The molecule has 0 saturated carbocycles. The fourth-order valence-corrected chi connectivity index (χ4v) is 1.08. The summed E-state index contributed by atoms with van der Waals surface area (Å²) in [7, 11) is 0. The van der Waals surface area contributed by atoms with Crippen molar-refractivity contribution < 1.29 is 0 Å². The van der Waals surface area contributed by atoms with E-state index in [0.29, 0.717) is 0 Å². The highest BCUT2D eigenvalue weighted by Crippen LogP contribution is 2.15. The Morgan fingerprint density at radius 3 is 1.86 bits per heavy atom. The van der Waals surface area contributed by atoms with Crippen LogP contribution in [-0.2, 0) is 0 Å².